The van der Waals surface area contributed by atoms with E-state index in [1.54, 1.807) is 0 Å². The number of para-hydroxylation sites is 1. The molecule has 0 amide bonds. The summed E-state index contributed by atoms with van der Waals surface area (Å²) in [6.45, 7) is 0. The van der Waals surface area contributed by atoms with Crippen molar-refractivity contribution in [2.45, 2.75) is 5.88 Å². The Kier molecular flexibility index (Phi) is 1.87. The second-order valence-electron chi connectivity index (χ2n) is 2.35. The van der Waals surface area contributed by atoms with Gasteiger partial charge in [-0.15, -0.1) is 21.8 Å². The summed E-state index contributed by atoms with van der Waals surface area (Å²) in [5.74, 6) is 0.869. The summed E-state index contributed by atoms with van der Waals surface area (Å²) in [4.78, 5) is 4.19. The van der Waals surface area contributed by atoms with Crippen LogP contribution in [0, 0.1) is 0 Å². The van der Waals surface area contributed by atoms with Crippen molar-refractivity contribution in [3.05, 3.63) is 30.1 Å². The molecule has 4 heteroatoms. The zero-order valence-electron chi connectivity index (χ0n) is 6.24. The second kappa shape index (κ2) is 3.03. The van der Waals surface area contributed by atoms with Gasteiger partial charge < -0.3 is 0 Å². The average molecular weight is 180 g/mol. The molecule has 12 heavy (non-hydrogen) atoms. The normalized spacial score (nSPS) is 10.4. The van der Waals surface area contributed by atoms with E-state index in [1.165, 1.54) is 0 Å². The van der Waals surface area contributed by atoms with E-state index >= 15 is 0 Å². The van der Waals surface area contributed by atoms with Crippen LogP contribution in [-0.4, -0.2) is 15.2 Å². The fraction of sp³-hybridized carbons (Fsp3) is 0.125. The second-order valence-corrected chi connectivity index (χ2v) is 2.62. The first-order valence-electron chi connectivity index (χ1n) is 3.54. The van der Waals surface area contributed by atoms with Gasteiger partial charge in [-0.25, -0.2) is 4.98 Å². The monoisotopic (exact) mass is 179 g/mol. The van der Waals surface area contributed by atoms with Gasteiger partial charge in [-0.2, -0.15) is 0 Å². The molecule has 0 bridgehead atoms. The summed E-state index contributed by atoms with van der Waals surface area (Å²) in [5, 5.41) is 7.79. The van der Waals surface area contributed by atoms with Crippen LogP contribution < -0.4 is 0 Å². The van der Waals surface area contributed by atoms with E-state index in [9.17, 15) is 0 Å². The minimum Gasteiger partial charge on any atom is -0.228 e. The van der Waals surface area contributed by atoms with Gasteiger partial charge >= 0.3 is 0 Å². The minimum atomic E-state index is 0.303. The predicted octanol–water partition coefficient (Wildman–Crippen LogP) is 1.76. The molecule has 60 valence electrons. The summed E-state index contributed by atoms with van der Waals surface area (Å²) < 4.78 is 0. The van der Waals surface area contributed by atoms with E-state index in [4.69, 9.17) is 11.6 Å². The highest BCUT2D eigenvalue weighted by Crippen LogP contribution is 2.06. The lowest BCUT2D eigenvalue weighted by atomic mass is 10.3. The van der Waals surface area contributed by atoms with Crippen molar-refractivity contribution in [3.63, 3.8) is 0 Å². The molecule has 0 unspecified atom stereocenters. The van der Waals surface area contributed by atoms with Crippen molar-refractivity contribution in [2.75, 3.05) is 0 Å². The molecule has 0 saturated heterocycles. The van der Waals surface area contributed by atoms with Crippen molar-refractivity contribution in [1.82, 2.24) is 15.2 Å². The fourth-order valence-electron chi connectivity index (χ4n) is 0.973. The van der Waals surface area contributed by atoms with Gasteiger partial charge in [0.05, 0.1) is 11.4 Å². The summed E-state index contributed by atoms with van der Waals surface area (Å²) in [5.41, 5.74) is 1.63. The van der Waals surface area contributed by atoms with E-state index in [-0.39, 0.29) is 0 Å². The minimum absolute atomic E-state index is 0.303. The molecule has 1 aromatic carbocycles. The van der Waals surface area contributed by atoms with E-state index in [0.29, 0.717) is 11.7 Å². The summed E-state index contributed by atoms with van der Waals surface area (Å²) >= 11 is 5.56. The van der Waals surface area contributed by atoms with Gasteiger partial charge in [0, 0.05) is 0 Å². The molecule has 1 aromatic heterocycles. The number of fused-ring (bicyclic) bond motifs is 1. The van der Waals surface area contributed by atoms with Gasteiger partial charge in [-0.3, -0.25) is 0 Å². The van der Waals surface area contributed by atoms with E-state index in [2.05, 4.69) is 15.2 Å². The lowest BCUT2D eigenvalue weighted by molar-refractivity contribution is 0.937. The summed E-state index contributed by atoms with van der Waals surface area (Å²) in [6, 6.07) is 7.57. The molecule has 0 aliphatic rings. The van der Waals surface area contributed by atoms with Crippen LogP contribution in [-0.2, 0) is 5.88 Å². The number of rotatable bonds is 1. The zero-order chi connectivity index (χ0) is 8.39. The highest BCUT2D eigenvalue weighted by molar-refractivity contribution is 6.16. The first kappa shape index (κ1) is 7.43. The molecule has 0 fully saturated rings. The zero-order valence-corrected chi connectivity index (χ0v) is 6.99. The highest BCUT2D eigenvalue weighted by Gasteiger charge is 1.97. The maximum absolute atomic E-state index is 5.56. The van der Waals surface area contributed by atoms with Crippen molar-refractivity contribution in [2.24, 2.45) is 0 Å². The Hall–Kier alpha value is -1.22. The molecule has 0 radical (unpaired) electrons. The highest BCUT2D eigenvalue weighted by atomic mass is 35.5. The third-order valence-electron chi connectivity index (χ3n) is 1.52. The first-order valence-corrected chi connectivity index (χ1v) is 4.08. The van der Waals surface area contributed by atoms with E-state index in [0.717, 1.165) is 11.0 Å². The number of hydrogen-bond acceptors (Lipinski definition) is 3. The van der Waals surface area contributed by atoms with E-state index in [1.807, 2.05) is 24.3 Å². The Balaban J connectivity index is 2.67. The predicted molar refractivity (Wildman–Crippen MR) is 46.9 cm³/mol. The van der Waals surface area contributed by atoms with Crippen LogP contribution in [0.3, 0.4) is 0 Å². The van der Waals surface area contributed by atoms with Crippen molar-refractivity contribution >= 4 is 22.6 Å². The van der Waals surface area contributed by atoms with Crippen LogP contribution in [0.1, 0.15) is 5.82 Å². The molecule has 2 aromatic rings. The topological polar surface area (TPSA) is 38.7 Å². The number of nitrogens with zero attached hydrogens (tertiary/aromatic N) is 3. The number of alkyl halides is 1. The molecule has 0 spiro atoms. The molecule has 0 atom stereocenters. The lowest BCUT2D eigenvalue weighted by Crippen LogP contribution is -1.94. The number of hydrogen-bond donors (Lipinski definition) is 0. The SMILES string of the molecule is ClCc1nnc2ccccc2n1. The quantitative estimate of drug-likeness (QED) is 0.627. The molecule has 0 saturated carbocycles. The van der Waals surface area contributed by atoms with Gasteiger partial charge in [-0.05, 0) is 12.1 Å². The summed E-state index contributed by atoms with van der Waals surface area (Å²) in [6.07, 6.45) is 0. The standard InChI is InChI=1S/C8H6ClN3/c9-5-8-10-6-3-1-2-4-7(6)11-12-8/h1-4H,5H2. The van der Waals surface area contributed by atoms with Crippen LogP contribution in [0.2, 0.25) is 0 Å². The Bertz CT molecular complexity index is 402. The van der Waals surface area contributed by atoms with Crippen LogP contribution in [0.5, 0.6) is 0 Å². The first-order chi connectivity index (χ1) is 5.90. The number of aromatic nitrogens is 3. The Morgan fingerprint density at radius 2 is 1.83 bits per heavy atom. The fourth-order valence-corrected chi connectivity index (χ4v) is 1.09. The molecule has 2 rings (SSSR count). The van der Waals surface area contributed by atoms with E-state index < -0.39 is 0 Å². The Morgan fingerprint density at radius 3 is 2.58 bits per heavy atom. The van der Waals surface area contributed by atoms with Gasteiger partial charge in [-0.1, -0.05) is 12.1 Å². The maximum atomic E-state index is 5.56. The van der Waals surface area contributed by atoms with Gasteiger partial charge in [0.25, 0.3) is 0 Å². The molecule has 0 aliphatic heterocycles. The van der Waals surface area contributed by atoms with Crippen molar-refractivity contribution < 1.29 is 0 Å². The van der Waals surface area contributed by atoms with Crippen molar-refractivity contribution in [1.29, 1.82) is 0 Å². The third-order valence-corrected chi connectivity index (χ3v) is 1.76. The Labute approximate surface area is 74.4 Å². The molecule has 3 nitrogen and oxygen atoms in total. The summed E-state index contributed by atoms with van der Waals surface area (Å²) in [7, 11) is 0. The number of halogens is 1. The average Bonchev–Trinajstić information content (AvgIpc) is 2.17. The largest absolute Gasteiger partial charge is 0.228 e. The van der Waals surface area contributed by atoms with Gasteiger partial charge in [0.15, 0.2) is 5.82 Å². The lowest BCUT2D eigenvalue weighted by Gasteiger charge is -1.95. The van der Waals surface area contributed by atoms with Crippen LogP contribution >= 0.6 is 11.6 Å². The van der Waals surface area contributed by atoms with Gasteiger partial charge in [0.1, 0.15) is 5.52 Å². The van der Waals surface area contributed by atoms with Crippen LogP contribution in [0.4, 0.5) is 0 Å². The smallest absolute Gasteiger partial charge is 0.166 e. The molecule has 1 heterocycles. The number of benzene rings is 1. The van der Waals surface area contributed by atoms with Crippen LogP contribution in [0.15, 0.2) is 24.3 Å². The molecular formula is C8H6ClN3. The molecule has 0 aliphatic carbocycles. The Morgan fingerprint density at radius 1 is 1.08 bits per heavy atom. The van der Waals surface area contributed by atoms with Crippen LogP contribution in [0.25, 0.3) is 11.0 Å². The third kappa shape index (κ3) is 1.23. The van der Waals surface area contributed by atoms with Crippen molar-refractivity contribution in [3.8, 4) is 0 Å². The molecular weight excluding hydrogens is 174 g/mol. The molecule has 0 N–H and O–H groups in total. The van der Waals surface area contributed by atoms with Gasteiger partial charge in [0.2, 0.25) is 0 Å². The maximum Gasteiger partial charge on any atom is 0.166 e.